The number of fused-ring (bicyclic) bond motifs is 1. The Labute approximate surface area is 91.6 Å². The van der Waals surface area contributed by atoms with Crippen molar-refractivity contribution in [3.63, 3.8) is 0 Å². The SMILES string of the molecule is CNCCCc1cccc2c1C(C)CO2. The van der Waals surface area contributed by atoms with E-state index in [4.69, 9.17) is 4.74 Å². The van der Waals surface area contributed by atoms with Crippen LogP contribution in [-0.2, 0) is 6.42 Å². The zero-order valence-corrected chi connectivity index (χ0v) is 9.55. The van der Waals surface area contributed by atoms with Crippen LogP contribution in [-0.4, -0.2) is 20.2 Å². The summed E-state index contributed by atoms with van der Waals surface area (Å²) in [6, 6.07) is 6.42. The van der Waals surface area contributed by atoms with E-state index in [2.05, 4.69) is 30.4 Å². The minimum Gasteiger partial charge on any atom is -0.493 e. The Balaban J connectivity index is 2.14. The summed E-state index contributed by atoms with van der Waals surface area (Å²) in [6.07, 6.45) is 2.34. The fourth-order valence-electron chi connectivity index (χ4n) is 2.25. The predicted molar refractivity (Wildman–Crippen MR) is 62.6 cm³/mol. The van der Waals surface area contributed by atoms with Gasteiger partial charge >= 0.3 is 0 Å². The van der Waals surface area contributed by atoms with Crippen molar-refractivity contribution in [1.82, 2.24) is 5.32 Å². The minimum atomic E-state index is 0.561. The largest absolute Gasteiger partial charge is 0.493 e. The maximum atomic E-state index is 5.64. The second-order valence-corrected chi connectivity index (χ2v) is 4.25. The van der Waals surface area contributed by atoms with E-state index in [0.717, 1.165) is 25.3 Å². The molecule has 1 aromatic carbocycles. The fraction of sp³-hybridized carbons (Fsp3) is 0.538. The summed E-state index contributed by atoms with van der Waals surface area (Å²) < 4.78 is 5.64. The van der Waals surface area contributed by atoms with Crippen molar-refractivity contribution in [3.8, 4) is 5.75 Å². The number of nitrogens with one attached hydrogen (secondary N) is 1. The molecular weight excluding hydrogens is 186 g/mol. The third-order valence-electron chi connectivity index (χ3n) is 3.01. The summed E-state index contributed by atoms with van der Waals surface area (Å²) >= 11 is 0. The molecule has 2 nitrogen and oxygen atoms in total. The first-order chi connectivity index (χ1) is 7.33. The first kappa shape index (κ1) is 10.5. The molecule has 82 valence electrons. The van der Waals surface area contributed by atoms with Gasteiger partial charge in [0.25, 0.3) is 0 Å². The van der Waals surface area contributed by atoms with Gasteiger partial charge in [0.15, 0.2) is 0 Å². The van der Waals surface area contributed by atoms with Gasteiger partial charge in [-0.3, -0.25) is 0 Å². The standard InChI is InChI=1S/C13H19NO/c1-10-9-15-12-7-3-5-11(13(10)12)6-4-8-14-2/h3,5,7,10,14H,4,6,8-9H2,1-2H3. The maximum Gasteiger partial charge on any atom is 0.123 e. The summed E-state index contributed by atoms with van der Waals surface area (Å²) in [5.74, 6) is 1.66. The van der Waals surface area contributed by atoms with Gasteiger partial charge < -0.3 is 10.1 Å². The van der Waals surface area contributed by atoms with Crippen molar-refractivity contribution in [2.75, 3.05) is 20.2 Å². The van der Waals surface area contributed by atoms with E-state index in [9.17, 15) is 0 Å². The third-order valence-corrected chi connectivity index (χ3v) is 3.01. The van der Waals surface area contributed by atoms with Crippen LogP contribution in [0.1, 0.15) is 30.4 Å². The lowest BCUT2D eigenvalue weighted by atomic mass is 9.94. The fourth-order valence-corrected chi connectivity index (χ4v) is 2.25. The molecule has 0 fully saturated rings. The Morgan fingerprint density at radius 1 is 1.47 bits per heavy atom. The molecule has 0 bridgehead atoms. The van der Waals surface area contributed by atoms with Gasteiger partial charge in [-0.25, -0.2) is 0 Å². The highest BCUT2D eigenvalue weighted by molar-refractivity contribution is 5.45. The van der Waals surface area contributed by atoms with Gasteiger partial charge in [-0.2, -0.15) is 0 Å². The number of rotatable bonds is 4. The topological polar surface area (TPSA) is 21.3 Å². The zero-order valence-electron chi connectivity index (χ0n) is 9.55. The van der Waals surface area contributed by atoms with Gasteiger partial charge in [-0.1, -0.05) is 19.1 Å². The summed E-state index contributed by atoms with van der Waals surface area (Å²) in [7, 11) is 2.00. The molecule has 15 heavy (non-hydrogen) atoms. The maximum absolute atomic E-state index is 5.64. The monoisotopic (exact) mass is 205 g/mol. The molecule has 1 N–H and O–H groups in total. The van der Waals surface area contributed by atoms with Crippen LogP contribution in [0.3, 0.4) is 0 Å². The summed E-state index contributed by atoms with van der Waals surface area (Å²) in [5.41, 5.74) is 2.90. The summed E-state index contributed by atoms with van der Waals surface area (Å²) in [4.78, 5) is 0. The molecule has 0 amide bonds. The van der Waals surface area contributed by atoms with Gasteiger partial charge in [-0.15, -0.1) is 0 Å². The lowest BCUT2D eigenvalue weighted by Gasteiger charge is -2.09. The number of hydrogen-bond donors (Lipinski definition) is 1. The average molecular weight is 205 g/mol. The molecule has 2 heteroatoms. The van der Waals surface area contributed by atoms with Gasteiger partial charge in [0.05, 0.1) is 6.61 Å². The number of hydrogen-bond acceptors (Lipinski definition) is 2. The quantitative estimate of drug-likeness (QED) is 0.762. The van der Waals surface area contributed by atoms with Gasteiger partial charge in [-0.05, 0) is 38.1 Å². The first-order valence-electron chi connectivity index (χ1n) is 5.72. The van der Waals surface area contributed by atoms with Gasteiger partial charge in [0, 0.05) is 11.5 Å². The van der Waals surface area contributed by atoms with E-state index in [1.165, 1.54) is 17.5 Å². The smallest absolute Gasteiger partial charge is 0.123 e. The van der Waals surface area contributed by atoms with Crippen molar-refractivity contribution in [2.24, 2.45) is 0 Å². The number of ether oxygens (including phenoxy) is 1. The van der Waals surface area contributed by atoms with Crippen molar-refractivity contribution < 1.29 is 4.74 Å². The van der Waals surface area contributed by atoms with E-state index in [-0.39, 0.29) is 0 Å². The number of benzene rings is 1. The molecule has 0 saturated heterocycles. The normalized spacial score (nSPS) is 18.7. The van der Waals surface area contributed by atoms with Crippen LogP contribution in [0, 0.1) is 0 Å². The summed E-state index contributed by atoms with van der Waals surface area (Å²) in [6.45, 7) is 4.17. The molecule has 0 spiro atoms. The molecule has 0 aliphatic carbocycles. The van der Waals surface area contributed by atoms with Crippen molar-refractivity contribution in [1.29, 1.82) is 0 Å². The Morgan fingerprint density at radius 3 is 3.13 bits per heavy atom. The van der Waals surface area contributed by atoms with Crippen LogP contribution >= 0.6 is 0 Å². The number of aryl methyl sites for hydroxylation is 1. The summed E-state index contributed by atoms with van der Waals surface area (Å²) in [5, 5.41) is 3.19. The molecule has 1 aliphatic rings. The molecule has 0 aromatic heterocycles. The zero-order chi connectivity index (χ0) is 10.7. The van der Waals surface area contributed by atoms with E-state index < -0.39 is 0 Å². The van der Waals surface area contributed by atoms with E-state index in [1.807, 2.05) is 7.05 Å². The molecule has 0 radical (unpaired) electrons. The lowest BCUT2D eigenvalue weighted by Crippen LogP contribution is -2.09. The Morgan fingerprint density at radius 2 is 2.33 bits per heavy atom. The molecule has 2 rings (SSSR count). The van der Waals surface area contributed by atoms with Crippen molar-refractivity contribution in [2.45, 2.75) is 25.7 Å². The van der Waals surface area contributed by atoms with Gasteiger partial charge in [0.1, 0.15) is 5.75 Å². The van der Waals surface area contributed by atoms with Gasteiger partial charge in [0.2, 0.25) is 0 Å². The van der Waals surface area contributed by atoms with Crippen LogP contribution in [0.2, 0.25) is 0 Å². The molecule has 1 heterocycles. The third kappa shape index (κ3) is 2.15. The molecule has 1 aliphatic heterocycles. The lowest BCUT2D eigenvalue weighted by molar-refractivity contribution is 0.337. The van der Waals surface area contributed by atoms with Crippen molar-refractivity contribution >= 4 is 0 Å². The van der Waals surface area contributed by atoms with Crippen LogP contribution in [0.5, 0.6) is 5.75 Å². The Hall–Kier alpha value is -1.02. The second-order valence-electron chi connectivity index (χ2n) is 4.25. The van der Waals surface area contributed by atoms with Crippen LogP contribution in [0.15, 0.2) is 18.2 Å². The second kappa shape index (κ2) is 4.67. The highest BCUT2D eigenvalue weighted by Crippen LogP contribution is 2.36. The molecule has 1 atom stereocenters. The minimum absolute atomic E-state index is 0.561. The highest BCUT2D eigenvalue weighted by atomic mass is 16.5. The Kier molecular flexibility index (Phi) is 3.27. The highest BCUT2D eigenvalue weighted by Gasteiger charge is 2.22. The van der Waals surface area contributed by atoms with Crippen LogP contribution in [0.25, 0.3) is 0 Å². The Bertz CT molecular complexity index is 335. The molecule has 0 saturated carbocycles. The van der Waals surface area contributed by atoms with E-state index >= 15 is 0 Å². The van der Waals surface area contributed by atoms with E-state index in [1.54, 1.807) is 0 Å². The van der Waals surface area contributed by atoms with Crippen LogP contribution in [0.4, 0.5) is 0 Å². The first-order valence-corrected chi connectivity index (χ1v) is 5.72. The van der Waals surface area contributed by atoms with Crippen molar-refractivity contribution in [3.05, 3.63) is 29.3 Å². The predicted octanol–water partition coefficient (Wildman–Crippen LogP) is 2.33. The average Bonchev–Trinajstić information content (AvgIpc) is 2.62. The van der Waals surface area contributed by atoms with Crippen LogP contribution < -0.4 is 10.1 Å². The molecule has 1 aromatic rings. The molecule has 1 unspecified atom stereocenters. The molecular formula is C13H19NO. The van der Waals surface area contributed by atoms with E-state index in [0.29, 0.717) is 5.92 Å².